The van der Waals surface area contributed by atoms with Crippen LogP contribution in [0.3, 0.4) is 0 Å². The van der Waals surface area contributed by atoms with Gasteiger partial charge in [0.25, 0.3) is 11.8 Å². The minimum Gasteiger partial charge on any atom is -0.490 e. The van der Waals surface area contributed by atoms with E-state index < -0.39 is 5.91 Å². The van der Waals surface area contributed by atoms with Gasteiger partial charge in [-0.15, -0.1) is 0 Å². The predicted octanol–water partition coefficient (Wildman–Crippen LogP) is 1.04. The molecule has 2 amide bonds. The maximum absolute atomic E-state index is 12.6. The first-order chi connectivity index (χ1) is 16.0. The van der Waals surface area contributed by atoms with Gasteiger partial charge in [-0.25, -0.2) is 4.98 Å². The summed E-state index contributed by atoms with van der Waals surface area (Å²) in [5.41, 5.74) is 1.11. The summed E-state index contributed by atoms with van der Waals surface area (Å²) in [5, 5.41) is 11.8. The molecule has 11 heteroatoms. The molecule has 2 fully saturated rings. The Balaban J connectivity index is 1.28. The molecule has 2 aliphatic rings. The number of pyridine rings is 2. The highest BCUT2D eigenvalue weighted by molar-refractivity contribution is 6.32. The SMILES string of the molecule is Cc1ncc(OCC2CCN2)cc1C(=O)NCNC(=O)c1cc(OC[C@@H]2CCN2)cnc1Cl. The number of hydrogen-bond donors (Lipinski definition) is 4. The predicted molar refractivity (Wildman–Crippen MR) is 122 cm³/mol. The van der Waals surface area contributed by atoms with Crippen LogP contribution in [0.15, 0.2) is 24.5 Å². The van der Waals surface area contributed by atoms with E-state index in [1.165, 1.54) is 12.3 Å². The Morgan fingerprint density at radius 1 is 0.970 bits per heavy atom. The molecule has 0 saturated carbocycles. The van der Waals surface area contributed by atoms with E-state index in [4.69, 9.17) is 21.1 Å². The second-order valence-corrected chi connectivity index (χ2v) is 8.36. The zero-order valence-electron chi connectivity index (χ0n) is 18.3. The summed E-state index contributed by atoms with van der Waals surface area (Å²) in [6.45, 7) is 4.64. The van der Waals surface area contributed by atoms with Gasteiger partial charge in [-0.1, -0.05) is 11.6 Å². The highest BCUT2D eigenvalue weighted by atomic mass is 35.5. The summed E-state index contributed by atoms with van der Waals surface area (Å²) < 4.78 is 11.4. The molecule has 0 aliphatic carbocycles. The molecule has 2 aromatic heterocycles. The molecule has 176 valence electrons. The lowest BCUT2D eigenvalue weighted by atomic mass is 10.1. The number of hydrogen-bond acceptors (Lipinski definition) is 8. The minimum absolute atomic E-state index is 0.0544. The first-order valence-corrected chi connectivity index (χ1v) is 11.3. The Labute approximate surface area is 196 Å². The summed E-state index contributed by atoms with van der Waals surface area (Å²) in [4.78, 5) is 33.4. The fourth-order valence-corrected chi connectivity index (χ4v) is 3.45. The molecule has 0 radical (unpaired) electrons. The molecule has 2 atom stereocenters. The Hall–Kier alpha value is -2.95. The van der Waals surface area contributed by atoms with E-state index >= 15 is 0 Å². The van der Waals surface area contributed by atoms with E-state index in [9.17, 15) is 9.59 Å². The molecule has 0 aromatic carbocycles. The molecule has 4 N–H and O–H groups in total. The van der Waals surface area contributed by atoms with E-state index in [-0.39, 0.29) is 23.3 Å². The van der Waals surface area contributed by atoms with Gasteiger partial charge in [0.2, 0.25) is 0 Å². The van der Waals surface area contributed by atoms with Crippen molar-refractivity contribution in [1.82, 2.24) is 31.2 Å². The highest BCUT2D eigenvalue weighted by Gasteiger charge is 2.19. The van der Waals surface area contributed by atoms with Crippen LogP contribution in [-0.4, -0.2) is 66.8 Å². The summed E-state index contributed by atoms with van der Waals surface area (Å²) in [5.74, 6) is 0.134. The number of carbonyl (C=O) groups excluding carboxylic acids is 2. The Bertz CT molecular complexity index is 933. The van der Waals surface area contributed by atoms with Crippen LogP contribution < -0.4 is 30.7 Å². The number of aromatic nitrogens is 2. The van der Waals surface area contributed by atoms with Gasteiger partial charge in [-0.05, 0) is 45.0 Å². The van der Waals surface area contributed by atoms with Crippen molar-refractivity contribution in [1.29, 1.82) is 0 Å². The Kier molecular flexibility index (Phi) is 7.58. The second kappa shape index (κ2) is 10.8. The number of amides is 2. The zero-order chi connectivity index (χ0) is 23.2. The van der Waals surface area contributed by atoms with Gasteiger partial charge in [-0.2, -0.15) is 0 Å². The molecule has 2 aliphatic heterocycles. The normalized spacial score (nSPS) is 19.1. The van der Waals surface area contributed by atoms with Crippen molar-refractivity contribution < 1.29 is 19.1 Å². The van der Waals surface area contributed by atoms with Gasteiger partial charge in [0.1, 0.15) is 29.9 Å². The number of ether oxygens (including phenoxy) is 2. The van der Waals surface area contributed by atoms with E-state index in [0.717, 1.165) is 25.9 Å². The number of nitrogens with zero attached hydrogens (tertiary/aromatic N) is 2. The van der Waals surface area contributed by atoms with Gasteiger partial charge in [0.15, 0.2) is 0 Å². The second-order valence-electron chi connectivity index (χ2n) is 8.00. The largest absolute Gasteiger partial charge is 0.490 e. The van der Waals surface area contributed by atoms with Crippen LogP contribution in [0, 0.1) is 6.92 Å². The third kappa shape index (κ3) is 6.10. The van der Waals surface area contributed by atoms with Crippen molar-refractivity contribution in [3.05, 3.63) is 46.5 Å². The van der Waals surface area contributed by atoms with Crippen molar-refractivity contribution >= 4 is 23.4 Å². The van der Waals surface area contributed by atoms with Crippen molar-refractivity contribution in [3.63, 3.8) is 0 Å². The van der Waals surface area contributed by atoms with Gasteiger partial charge < -0.3 is 30.7 Å². The number of nitrogens with one attached hydrogen (secondary N) is 4. The van der Waals surface area contributed by atoms with E-state index in [2.05, 4.69) is 31.2 Å². The first kappa shape index (κ1) is 23.2. The van der Waals surface area contributed by atoms with Crippen molar-refractivity contribution in [2.24, 2.45) is 0 Å². The average Bonchev–Trinajstić information content (AvgIpc) is 2.73. The van der Waals surface area contributed by atoms with Gasteiger partial charge in [0.05, 0.1) is 35.9 Å². The van der Waals surface area contributed by atoms with Crippen LogP contribution in [-0.2, 0) is 0 Å². The zero-order valence-corrected chi connectivity index (χ0v) is 19.1. The lowest BCUT2D eigenvalue weighted by Crippen LogP contribution is -2.46. The molecule has 33 heavy (non-hydrogen) atoms. The lowest BCUT2D eigenvalue weighted by molar-refractivity contribution is 0.0919. The van der Waals surface area contributed by atoms with Crippen molar-refractivity contribution in [2.75, 3.05) is 33.0 Å². The summed E-state index contributed by atoms with van der Waals surface area (Å²) in [7, 11) is 0. The topological polar surface area (TPSA) is 126 Å². The number of halogens is 1. The third-order valence-electron chi connectivity index (χ3n) is 5.62. The molecule has 4 rings (SSSR count). The quantitative estimate of drug-likeness (QED) is 0.297. The van der Waals surface area contributed by atoms with E-state index in [0.29, 0.717) is 48.1 Å². The van der Waals surface area contributed by atoms with Crippen LogP contribution in [0.4, 0.5) is 0 Å². The summed E-state index contributed by atoms with van der Waals surface area (Å²) in [6, 6.07) is 3.83. The third-order valence-corrected chi connectivity index (χ3v) is 5.92. The number of carbonyl (C=O) groups is 2. The van der Waals surface area contributed by atoms with Crippen LogP contribution in [0.2, 0.25) is 5.15 Å². The maximum Gasteiger partial charge on any atom is 0.255 e. The fraction of sp³-hybridized carbons (Fsp3) is 0.455. The van der Waals surface area contributed by atoms with Gasteiger partial charge in [-0.3, -0.25) is 14.6 Å². The van der Waals surface area contributed by atoms with Crippen molar-refractivity contribution in [3.8, 4) is 11.5 Å². The standard InChI is InChI=1S/C22H27ClN6O4/c1-13-18(6-16(8-26-13)32-10-14-2-4-24-14)21(30)28-12-29-22(31)19-7-17(9-27-20(19)23)33-11-15-3-5-25-15/h6-9,14-15,24-25H,2-5,10-12H2,1H3,(H,28,30)(H,29,31)/t14?,15-/m0/s1. The molecule has 2 saturated heterocycles. The Morgan fingerprint density at radius 3 is 2.03 bits per heavy atom. The number of rotatable bonds is 10. The van der Waals surface area contributed by atoms with E-state index in [1.54, 1.807) is 19.2 Å². The van der Waals surface area contributed by atoms with Crippen molar-refractivity contribution in [2.45, 2.75) is 31.8 Å². The average molecular weight is 475 g/mol. The summed E-state index contributed by atoms with van der Waals surface area (Å²) in [6.07, 6.45) is 5.19. The maximum atomic E-state index is 12.6. The van der Waals surface area contributed by atoms with Crippen LogP contribution in [0.1, 0.15) is 39.3 Å². The minimum atomic E-state index is -0.472. The van der Waals surface area contributed by atoms with Crippen LogP contribution in [0.25, 0.3) is 0 Å². The molecular weight excluding hydrogens is 448 g/mol. The molecule has 4 heterocycles. The molecule has 0 spiro atoms. The number of aryl methyl sites for hydroxylation is 1. The van der Waals surface area contributed by atoms with Crippen LogP contribution in [0.5, 0.6) is 11.5 Å². The van der Waals surface area contributed by atoms with E-state index in [1.807, 2.05) is 0 Å². The highest BCUT2D eigenvalue weighted by Crippen LogP contribution is 2.20. The van der Waals surface area contributed by atoms with Gasteiger partial charge >= 0.3 is 0 Å². The van der Waals surface area contributed by atoms with Gasteiger partial charge in [0, 0.05) is 12.1 Å². The monoisotopic (exact) mass is 474 g/mol. The Morgan fingerprint density at radius 2 is 1.48 bits per heavy atom. The van der Waals surface area contributed by atoms with Crippen LogP contribution >= 0.6 is 11.6 Å². The first-order valence-electron chi connectivity index (χ1n) is 10.9. The fourth-order valence-electron chi connectivity index (χ4n) is 3.26. The molecule has 0 bridgehead atoms. The molecular formula is C22H27ClN6O4. The molecule has 1 unspecified atom stereocenters. The smallest absolute Gasteiger partial charge is 0.255 e. The lowest BCUT2D eigenvalue weighted by Gasteiger charge is -2.27. The molecule has 2 aromatic rings. The summed E-state index contributed by atoms with van der Waals surface area (Å²) >= 11 is 6.08. The molecule has 10 nitrogen and oxygen atoms in total.